The van der Waals surface area contributed by atoms with Crippen LogP contribution in [0.5, 0.6) is 5.75 Å². The van der Waals surface area contributed by atoms with Gasteiger partial charge in [0.15, 0.2) is 0 Å². The van der Waals surface area contributed by atoms with Crippen molar-refractivity contribution in [3.8, 4) is 11.8 Å². The van der Waals surface area contributed by atoms with Crippen LogP contribution in [0.4, 0.5) is 0 Å². The van der Waals surface area contributed by atoms with Crippen LogP contribution >= 0.6 is 11.6 Å². The lowest BCUT2D eigenvalue weighted by molar-refractivity contribution is 0.199. The molecule has 1 rings (SSSR count). The largest absolute Gasteiger partial charge is 0.492 e. The number of rotatable bonds is 6. The van der Waals surface area contributed by atoms with Crippen LogP contribution in [0.25, 0.3) is 0 Å². The molecule has 0 heterocycles. The molecule has 0 spiro atoms. The second kappa shape index (κ2) is 7.16. The third-order valence-electron chi connectivity index (χ3n) is 2.38. The molecule has 0 aliphatic rings. The quantitative estimate of drug-likeness (QED) is 0.790. The van der Waals surface area contributed by atoms with Crippen LogP contribution in [0.2, 0.25) is 5.02 Å². The molecular weight excluding hydrogens is 238 g/mol. The number of hydrogen-bond acceptors (Lipinski definition) is 3. The van der Waals surface area contributed by atoms with Crippen molar-refractivity contribution < 1.29 is 9.84 Å². The Kier molecular flexibility index (Phi) is 5.82. The zero-order chi connectivity index (χ0) is 12.7. The summed E-state index contributed by atoms with van der Waals surface area (Å²) >= 11 is 6.03. The lowest BCUT2D eigenvalue weighted by Crippen LogP contribution is -1.99. The molecule has 0 amide bonds. The van der Waals surface area contributed by atoms with Crippen LogP contribution in [0.1, 0.15) is 37.9 Å². The topological polar surface area (TPSA) is 53.2 Å². The van der Waals surface area contributed by atoms with Crippen molar-refractivity contribution in [2.24, 2.45) is 0 Å². The third-order valence-corrected chi connectivity index (χ3v) is 2.67. The Labute approximate surface area is 107 Å². The van der Waals surface area contributed by atoms with Crippen LogP contribution in [-0.2, 0) is 0 Å². The molecule has 1 N–H and O–H groups in total. The molecule has 17 heavy (non-hydrogen) atoms. The van der Waals surface area contributed by atoms with Crippen LogP contribution in [0.15, 0.2) is 18.2 Å². The Hall–Kier alpha value is -1.24. The van der Waals surface area contributed by atoms with Gasteiger partial charge >= 0.3 is 0 Å². The molecule has 3 nitrogen and oxygen atoms in total. The van der Waals surface area contributed by atoms with Gasteiger partial charge in [-0.1, -0.05) is 17.7 Å². The summed E-state index contributed by atoms with van der Waals surface area (Å²) in [7, 11) is 0. The molecule has 1 aromatic rings. The summed E-state index contributed by atoms with van der Waals surface area (Å²) < 4.78 is 5.50. The summed E-state index contributed by atoms with van der Waals surface area (Å²) in [5.41, 5.74) is 0.770. The summed E-state index contributed by atoms with van der Waals surface area (Å²) in [6.45, 7) is 2.24. The van der Waals surface area contributed by atoms with E-state index >= 15 is 0 Å². The Balaban J connectivity index is 2.47. The van der Waals surface area contributed by atoms with Crippen molar-refractivity contribution in [1.29, 1.82) is 5.26 Å². The smallest absolute Gasteiger partial charge is 0.137 e. The summed E-state index contributed by atoms with van der Waals surface area (Å²) in [5, 5.41) is 18.3. The Morgan fingerprint density at radius 2 is 2.24 bits per heavy atom. The van der Waals surface area contributed by atoms with Gasteiger partial charge in [0.05, 0.1) is 23.8 Å². The predicted molar refractivity (Wildman–Crippen MR) is 67.0 cm³/mol. The van der Waals surface area contributed by atoms with Crippen LogP contribution in [0.3, 0.4) is 0 Å². The standard InChI is InChI=1S/C13H16ClNO2/c1-10(16)11-5-6-13(12(14)9-11)17-8-4-2-3-7-15/h5-6,9-10,16H,2-4,8H2,1H3. The number of nitrogens with zero attached hydrogens (tertiary/aromatic N) is 1. The maximum absolute atomic E-state index is 9.38. The van der Waals surface area contributed by atoms with Crippen LogP contribution in [-0.4, -0.2) is 11.7 Å². The molecule has 0 fully saturated rings. The minimum Gasteiger partial charge on any atom is -0.492 e. The van der Waals surface area contributed by atoms with E-state index < -0.39 is 6.10 Å². The molecule has 92 valence electrons. The molecule has 0 saturated carbocycles. The van der Waals surface area contributed by atoms with E-state index in [9.17, 15) is 5.11 Å². The van der Waals surface area contributed by atoms with Gasteiger partial charge in [0.2, 0.25) is 0 Å². The molecule has 4 heteroatoms. The van der Waals surface area contributed by atoms with Gasteiger partial charge in [-0.05, 0) is 37.5 Å². The summed E-state index contributed by atoms with van der Waals surface area (Å²) in [4.78, 5) is 0. The molecule has 0 aromatic heterocycles. The number of aliphatic hydroxyl groups is 1. The van der Waals surface area contributed by atoms with E-state index in [1.54, 1.807) is 25.1 Å². The molecule has 1 atom stereocenters. The number of ether oxygens (including phenoxy) is 1. The van der Waals surface area contributed by atoms with Crippen LogP contribution < -0.4 is 4.74 Å². The highest BCUT2D eigenvalue weighted by Crippen LogP contribution is 2.27. The number of aliphatic hydroxyl groups excluding tert-OH is 1. The maximum atomic E-state index is 9.38. The van der Waals surface area contributed by atoms with E-state index in [0.717, 1.165) is 18.4 Å². The molecular formula is C13H16ClNO2. The molecule has 1 aromatic carbocycles. The van der Waals surface area contributed by atoms with E-state index in [4.69, 9.17) is 21.6 Å². The molecule has 0 bridgehead atoms. The second-order valence-corrected chi connectivity index (χ2v) is 4.24. The maximum Gasteiger partial charge on any atom is 0.137 e. The minimum absolute atomic E-state index is 0.503. The molecule has 0 aliphatic carbocycles. The van der Waals surface area contributed by atoms with Gasteiger partial charge in [0.1, 0.15) is 5.75 Å². The van der Waals surface area contributed by atoms with Gasteiger partial charge in [-0.15, -0.1) is 0 Å². The fourth-order valence-electron chi connectivity index (χ4n) is 1.38. The van der Waals surface area contributed by atoms with Crippen molar-refractivity contribution in [2.45, 2.75) is 32.3 Å². The first-order chi connectivity index (χ1) is 8.15. The number of benzene rings is 1. The zero-order valence-corrected chi connectivity index (χ0v) is 10.6. The van der Waals surface area contributed by atoms with E-state index in [0.29, 0.717) is 23.8 Å². The SMILES string of the molecule is CC(O)c1ccc(OCCCCC#N)c(Cl)c1. The van der Waals surface area contributed by atoms with Gasteiger partial charge in [-0.25, -0.2) is 0 Å². The highest BCUT2D eigenvalue weighted by atomic mass is 35.5. The number of hydrogen-bond donors (Lipinski definition) is 1. The van der Waals surface area contributed by atoms with E-state index in [-0.39, 0.29) is 0 Å². The fourth-order valence-corrected chi connectivity index (χ4v) is 1.63. The first-order valence-corrected chi connectivity index (χ1v) is 6.00. The molecule has 0 aliphatic heterocycles. The van der Waals surface area contributed by atoms with Gasteiger partial charge in [0, 0.05) is 6.42 Å². The number of halogens is 1. The second-order valence-electron chi connectivity index (χ2n) is 3.83. The van der Waals surface area contributed by atoms with Crippen molar-refractivity contribution in [2.75, 3.05) is 6.61 Å². The lowest BCUT2D eigenvalue weighted by atomic mass is 10.1. The minimum atomic E-state index is -0.530. The highest BCUT2D eigenvalue weighted by Gasteiger charge is 2.06. The third kappa shape index (κ3) is 4.64. The van der Waals surface area contributed by atoms with Crippen molar-refractivity contribution >= 4 is 11.6 Å². The average molecular weight is 254 g/mol. The Morgan fingerprint density at radius 3 is 2.82 bits per heavy atom. The normalized spacial score (nSPS) is 11.9. The fraction of sp³-hybridized carbons (Fsp3) is 0.462. The van der Waals surface area contributed by atoms with Crippen molar-refractivity contribution in [1.82, 2.24) is 0 Å². The summed E-state index contributed by atoms with van der Waals surface area (Å²) in [5.74, 6) is 0.619. The zero-order valence-electron chi connectivity index (χ0n) is 9.82. The number of nitriles is 1. The summed E-state index contributed by atoms with van der Waals surface area (Å²) in [6.07, 6.45) is 1.69. The Morgan fingerprint density at radius 1 is 1.47 bits per heavy atom. The monoisotopic (exact) mass is 253 g/mol. The van der Waals surface area contributed by atoms with Gasteiger partial charge in [0.25, 0.3) is 0 Å². The van der Waals surface area contributed by atoms with E-state index in [1.807, 2.05) is 0 Å². The molecule has 1 unspecified atom stereocenters. The summed E-state index contributed by atoms with van der Waals surface area (Å²) in [6, 6.07) is 7.34. The van der Waals surface area contributed by atoms with Gasteiger partial charge in [-0.2, -0.15) is 5.26 Å². The molecule has 0 radical (unpaired) electrons. The van der Waals surface area contributed by atoms with E-state index in [2.05, 4.69) is 6.07 Å². The van der Waals surface area contributed by atoms with Gasteiger partial charge in [-0.3, -0.25) is 0 Å². The van der Waals surface area contributed by atoms with Crippen molar-refractivity contribution in [3.63, 3.8) is 0 Å². The Bertz CT molecular complexity index is 399. The predicted octanol–water partition coefficient (Wildman–Crippen LogP) is 3.47. The van der Waals surface area contributed by atoms with Gasteiger partial charge < -0.3 is 9.84 Å². The first kappa shape index (κ1) is 13.8. The lowest BCUT2D eigenvalue weighted by Gasteiger charge is -2.10. The van der Waals surface area contributed by atoms with Crippen molar-refractivity contribution in [3.05, 3.63) is 28.8 Å². The van der Waals surface area contributed by atoms with Crippen LogP contribution in [0, 0.1) is 11.3 Å². The van der Waals surface area contributed by atoms with E-state index in [1.165, 1.54) is 0 Å². The number of unbranched alkanes of at least 4 members (excludes halogenated alkanes) is 2. The molecule has 0 saturated heterocycles. The average Bonchev–Trinajstić information content (AvgIpc) is 2.30. The first-order valence-electron chi connectivity index (χ1n) is 5.62. The highest BCUT2D eigenvalue weighted by molar-refractivity contribution is 6.32.